The zero-order valence-electron chi connectivity index (χ0n) is 21.1. The molecule has 1 unspecified atom stereocenters. The molecule has 4 aromatic heterocycles. The molecule has 4 heterocycles. The number of ether oxygens (including phenoxy) is 1. The van der Waals surface area contributed by atoms with Crippen LogP contribution in [0.4, 0.5) is 13.2 Å². The number of hydrogen-bond acceptors (Lipinski definition) is 7. The molecule has 0 amide bonds. The lowest BCUT2D eigenvalue weighted by Crippen LogP contribution is -2.14. The monoisotopic (exact) mass is 522 g/mol. The van der Waals surface area contributed by atoms with Gasteiger partial charge in [-0.25, -0.2) is 29.6 Å². The highest BCUT2D eigenvalue weighted by molar-refractivity contribution is 5.75. The van der Waals surface area contributed by atoms with Gasteiger partial charge in [0.25, 0.3) is 0 Å². The molecule has 2 aliphatic carbocycles. The first kappa shape index (κ1) is 24.3. The normalized spacial score (nSPS) is 17.7. The molecule has 1 fully saturated rings. The van der Waals surface area contributed by atoms with Gasteiger partial charge in [-0.15, -0.1) is 0 Å². The third-order valence-corrected chi connectivity index (χ3v) is 6.91. The molecule has 1 atom stereocenters. The number of alkyl halides is 3. The van der Waals surface area contributed by atoms with Crippen LogP contribution in [0.5, 0.6) is 5.88 Å². The third-order valence-electron chi connectivity index (χ3n) is 6.91. The minimum atomic E-state index is -4.48. The van der Waals surface area contributed by atoms with Crippen molar-refractivity contribution in [3.05, 3.63) is 59.7 Å². The topological polar surface area (TPSA) is 96.4 Å². The number of aromatic nitrogens is 8. The van der Waals surface area contributed by atoms with Crippen molar-refractivity contribution in [3.63, 3.8) is 0 Å². The Bertz CT molecular complexity index is 1600. The average molecular weight is 523 g/mol. The quantitative estimate of drug-likeness (QED) is 0.347. The van der Waals surface area contributed by atoms with E-state index in [-0.39, 0.29) is 5.92 Å². The van der Waals surface area contributed by atoms with Crippen molar-refractivity contribution in [2.75, 3.05) is 7.11 Å². The summed E-state index contributed by atoms with van der Waals surface area (Å²) in [6, 6.07) is 1.06. The van der Waals surface area contributed by atoms with Crippen molar-refractivity contribution in [2.24, 2.45) is 5.92 Å². The summed E-state index contributed by atoms with van der Waals surface area (Å²) in [6.45, 7) is 4.13. The second-order valence-electron chi connectivity index (χ2n) is 9.65. The molecule has 0 saturated heterocycles. The Morgan fingerprint density at radius 2 is 1.92 bits per heavy atom. The van der Waals surface area contributed by atoms with Crippen LogP contribution in [0.3, 0.4) is 0 Å². The number of methoxy groups -OCH3 is 1. The second kappa shape index (κ2) is 9.03. The summed E-state index contributed by atoms with van der Waals surface area (Å²) in [5.41, 5.74) is 3.14. The lowest BCUT2D eigenvalue weighted by molar-refractivity contribution is -0.141. The van der Waals surface area contributed by atoms with E-state index in [4.69, 9.17) is 9.72 Å². The highest BCUT2D eigenvalue weighted by Crippen LogP contribution is 2.45. The minimum absolute atomic E-state index is 0.0999. The Morgan fingerprint density at radius 1 is 1.11 bits per heavy atom. The van der Waals surface area contributed by atoms with Gasteiger partial charge in [0.2, 0.25) is 5.88 Å². The van der Waals surface area contributed by atoms with Crippen molar-refractivity contribution in [3.8, 4) is 17.3 Å². The van der Waals surface area contributed by atoms with Gasteiger partial charge in [-0.05, 0) is 51.2 Å². The molecule has 1 saturated carbocycles. The van der Waals surface area contributed by atoms with Gasteiger partial charge < -0.3 is 9.30 Å². The van der Waals surface area contributed by atoms with Gasteiger partial charge in [0, 0.05) is 18.2 Å². The van der Waals surface area contributed by atoms with Gasteiger partial charge in [-0.3, -0.25) is 0 Å². The van der Waals surface area contributed by atoms with E-state index >= 15 is 0 Å². The van der Waals surface area contributed by atoms with Gasteiger partial charge in [0.05, 0.1) is 24.7 Å². The zero-order valence-corrected chi connectivity index (χ0v) is 21.1. The number of halogens is 3. The molecule has 0 bridgehead atoms. The molecular formula is C26H25F3N8O. The standard InChI is InChI=1S/C26H25F3N8O/c1-14-10-20(26(27,28)29)35-37(14)18-8-4-16(5-9-18)12-36-15(2)33-19-11-30-23(34-24(19)36)21-22(17-6-7-17)31-13-32-25(21)38-3/h4,8-11,13,16-17H,5-7,12H2,1-3H3. The highest BCUT2D eigenvalue weighted by atomic mass is 19.4. The zero-order chi connectivity index (χ0) is 26.6. The predicted molar refractivity (Wildman–Crippen MR) is 133 cm³/mol. The van der Waals surface area contributed by atoms with Crippen LogP contribution >= 0.6 is 0 Å². The first-order valence-electron chi connectivity index (χ1n) is 12.3. The molecule has 6 rings (SSSR count). The van der Waals surface area contributed by atoms with Crippen LogP contribution in [0.25, 0.3) is 28.2 Å². The fourth-order valence-corrected chi connectivity index (χ4v) is 4.84. The van der Waals surface area contributed by atoms with E-state index in [1.807, 2.05) is 29.7 Å². The van der Waals surface area contributed by atoms with Gasteiger partial charge in [0.1, 0.15) is 23.2 Å². The van der Waals surface area contributed by atoms with Gasteiger partial charge in [-0.2, -0.15) is 18.3 Å². The molecule has 9 nitrogen and oxygen atoms in total. The molecule has 4 aromatic rings. The fraction of sp³-hybridized carbons (Fsp3) is 0.385. The second-order valence-corrected chi connectivity index (χ2v) is 9.65. The molecule has 0 spiro atoms. The summed E-state index contributed by atoms with van der Waals surface area (Å²) in [7, 11) is 1.57. The summed E-state index contributed by atoms with van der Waals surface area (Å²) in [4.78, 5) is 22.9. The maximum atomic E-state index is 13.1. The van der Waals surface area contributed by atoms with Crippen molar-refractivity contribution in [2.45, 2.75) is 51.7 Å². The summed E-state index contributed by atoms with van der Waals surface area (Å²) >= 11 is 0. The maximum Gasteiger partial charge on any atom is 0.435 e. The summed E-state index contributed by atoms with van der Waals surface area (Å²) in [5, 5.41) is 3.76. The molecule has 0 aliphatic heterocycles. The fourth-order valence-electron chi connectivity index (χ4n) is 4.84. The van der Waals surface area contributed by atoms with E-state index in [1.165, 1.54) is 11.0 Å². The van der Waals surface area contributed by atoms with Gasteiger partial charge in [0.15, 0.2) is 17.2 Å². The first-order valence-corrected chi connectivity index (χ1v) is 12.3. The number of nitrogens with zero attached hydrogens (tertiary/aromatic N) is 8. The molecule has 0 N–H and O–H groups in total. The molecule has 196 valence electrons. The van der Waals surface area contributed by atoms with Gasteiger partial charge >= 0.3 is 6.18 Å². The molecular weight excluding hydrogens is 497 g/mol. The Hall–Kier alpha value is -4.09. The molecule has 38 heavy (non-hydrogen) atoms. The average Bonchev–Trinajstić information content (AvgIpc) is 3.60. The van der Waals surface area contributed by atoms with Crippen LogP contribution in [0.15, 0.2) is 36.8 Å². The van der Waals surface area contributed by atoms with Crippen molar-refractivity contribution >= 4 is 16.9 Å². The summed E-state index contributed by atoms with van der Waals surface area (Å²) in [5.74, 6) is 2.19. The van der Waals surface area contributed by atoms with Gasteiger partial charge in [-0.1, -0.05) is 12.2 Å². The SMILES string of the molecule is COc1ncnc(C2CC2)c1-c1ncc2nc(C)n(CC3C=CC(n4nc(C(F)(F)F)cc4C)=CC3)c2n1. The minimum Gasteiger partial charge on any atom is -0.480 e. The predicted octanol–water partition coefficient (Wildman–Crippen LogP) is 5.12. The van der Waals surface area contributed by atoms with E-state index in [1.54, 1.807) is 20.2 Å². The van der Waals surface area contributed by atoms with E-state index in [2.05, 4.69) is 25.0 Å². The van der Waals surface area contributed by atoms with E-state index in [0.29, 0.717) is 58.7 Å². The molecule has 12 heteroatoms. The Morgan fingerprint density at radius 3 is 2.58 bits per heavy atom. The first-order chi connectivity index (χ1) is 18.2. The van der Waals surface area contributed by atoms with Crippen LogP contribution in [0, 0.1) is 19.8 Å². The molecule has 2 aliphatic rings. The maximum absolute atomic E-state index is 13.1. The van der Waals surface area contributed by atoms with E-state index < -0.39 is 11.9 Å². The lowest BCUT2D eigenvalue weighted by Gasteiger charge is -2.18. The highest BCUT2D eigenvalue weighted by Gasteiger charge is 2.35. The van der Waals surface area contributed by atoms with Crippen molar-refractivity contribution in [1.82, 2.24) is 39.3 Å². The van der Waals surface area contributed by atoms with E-state index in [0.717, 1.165) is 30.4 Å². The van der Waals surface area contributed by atoms with Crippen molar-refractivity contribution in [1.29, 1.82) is 0 Å². The number of hydrogen-bond donors (Lipinski definition) is 0. The van der Waals surface area contributed by atoms with Crippen LogP contribution in [-0.4, -0.2) is 46.4 Å². The third kappa shape index (κ3) is 4.33. The van der Waals surface area contributed by atoms with E-state index in [9.17, 15) is 13.2 Å². The Kier molecular flexibility index (Phi) is 5.77. The Labute approximate surface area is 216 Å². The van der Waals surface area contributed by atoms with Crippen LogP contribution in [0.1, 0.15) is 48.1 Å². The number of imidazole rings is 1. The number of fused-ring (bicyclic) bond motifs is 1. The van der Waals surface area contributed by atoms with Crippen LogP contribution < -0.4 is 4.74 Å². The lowest BCUT2D eigenvalue weighted by atomic mass is 9.99. The summed E-state index contributed by atoms with van der Waals surface area (Å²) in [6.07, 6.45) is 7.22. The smallest absolute Gasteiger partial charge is 0.435 e. The number of aryl methyl sites for hydroxylation is 2. The molecule has 0 aromatic carbocycles. The van der Waals surface area contributed by atoms with Crippen molar-refractivity contribution < 1.29 is 17.9 Å². The van der Waals surface area contributed by atoms with Crippen LogP contribution in [0.2, 0.25) is 0 Å². The Balaban J connectivity index is 1.29. The molecule has 0 radical (unpaired) electrons. The largest absolute Gasteiger partial charge is 0.480 e. The van der Waals surface area contributed by atoms with Crippen LogP contribution in [-0.2, 0) is 12.7 Å². The summed E-state index contributed by atoms with van der Waals surface area (Å²) < 4.78 is 48.2. The number of rotatable bonds is 6. The number of allylic oxidation sites excluding steroid dienone is 4.